The van der Waals surface area contributed by atoms with E-state index in [4.69, 9.17) is 5.73 Å². The van der Waals surface area contributed by atoms with Crippen molar-refractivity contribution in [1.29, 1.82) is 0 Å². The number of ether oxygens (including phenoxy) is 1. The van der Waals surface area contributed by atoms with Gasteiger partial charge in [-0.15, -0.1) is 11.8 Å². The lowest BCUT2D eigenvalue weighted by atomic mass is 10.0. The molecule has 2 fully saturated rings. The van der Waals surface area contributed by atoms with Gasteiger partial charge in [0, 0.05) is 5.75 Å². The Kier molecular flexibility index (Phi) is 3.25. The van der Waals surface area contributed by atoms with E-state index >= 15 is 0 Å². The molecule has 0 saturated carbocycles. The Morgan fingerprint density at radius 2 is 2.29 bits per heavy atom. The molecule has 3 atom stereocenters. The maximum atomic E-state index is 11.7. The molecule has 2 aliphatic heterocycles. The number of esters is 1. The SMILES string of the molecule is CON=C1CSC2C(N)C(=O)N2C1C(=O)OC. The number of hydrogen-bond donors (Lipinski definition) is 1. The number of methoxy groups -OCH3 is 1. The summed E-state index contributed by atoms with van der Waals surface area (Å²) in [6, 6.07) is -1.35. The molecular weight excluding hydrogens is 246 g/mol. The molecule has 3 unspecified atom stereocenters. The first-order chi connectivity index (χ1) is 8.11. The number of fused-ring (bicyclic) bond motifs is 1. The molecule has 0 aromatic heterocycles. The van der Waals surface area contributed by atoms with Crippen LogP contribution in [0.15, 0.2) is 5.16 Å². The predicted octanol–water partition coefficient (Wildman–Crippen LogP) is -1.23. The van der Waals surface area contributed by atoms with E-state index in [2.05, 4.69) is 14.7 Å². The molecule has 17 heavy (non-hydrogen) atoms. The van der Waals surface area contributed by atoms with E-state index < -0.39 is 18.1 Å². The first-order valence-corrected chi connectivity index (χ1v) is 6.03. The Balaban J connectivity index is 2.27. The molecule has 8 heteroatoms. The second kappa shape index (κ2) is 4.53. The Morgan fingerprint density at radius 3 is 2.88 bits per heavy atom. The van der Waals surface area contributed by atoms with Gasteiger partial charge in [0.1, 0.15) is 24.2 Å². The Bertz CT molecular complexity index is 386. The van der Waals surface area contributed by atoms with Crippen molar-refractivity contribution in [2.24, 2.45) is 10.9 Å². The van der Waals surface area contributed by atoms with Crippen LogP contribution in [0.4, 0.5) is 0 Å². The van der Waals surface area contributed by atoms with Crippen LogP contribution in [0.5, 0.6) is 0 Å². The van der Waals surface area contributed by atoms with E-state index in [9.17, 15) is 9.59 Å². The van der Waals surface area contributed by atoms with Crippen molar-refractivity contribution < 1.29 is 19.2 Å². The smallest absolute Gasteiger partial charge is 0.334 e. The summed E-state index contributed by atoms with van der Waals surface area (Å²) in [6.45, 7) is 0. The largest absolute Gasteiger partial charge is 0.467 e. The van der Waals surface area contributed by atoms with Crippen molar-refractivity contribution in [2.45, 2.75) is 17.5 Å². The van der Waals surface area contributed by atoms with Crippen LogP contribution < -0.4 is 5.73 Å². The fourth-order valence-corrected chi connectivity index (χ4v) is 3.20. The molecule has 0 aliphatic carbocycles. The van der Waals surface area contributed by atoms with Crippen LogP contribution in [0, 0.1) is 0 Å². The number of hydrogen-bond acceptors (Lipinski definition) is 7. The Morgan fingerprint density at radius 1 is 1.59 bits per heavy atom. The summed E-state index contributed by atoms with van der Waals surface area (Å²) in [5.41, 5.74) is 6.14. The van der Waals surface area contributed by atoms with Crippen LogP contribution in [-0.2, 0) is 19.2 Å². The Labute approximate surface area is 102 Å². The number of nitrogens with two attached hydrogens (primary N) is 1. The fourth-order valence-electron chi connectivity index (χ4n) is 1.93. The standard InChI is InChI=1S/C9H13N3O4S/c1-15-9(14)6-4(11-16-2)3-17-8-5(10)7(13)12(6)8/h5-6,8H,3,10H2,1-2H3. The van der Waals surface area contributed by atoms with Crippen molar-refractivity contribution >= 4 is 29.4 Å². The maximum absolute atomic E-state index is 11.7. The van der Waals surface area contributed by atoms with Crippen LogP contribution in [0.25, 0.3) is 0 Å². The van der Waals surface area contributed by atoms with Crippen LogP contribution in [0.2, 0.25) is 0 Å². The number of rotatable bonds is 2. The van der Waals surface area contributed by atoms with E-state index in [1.165, 1.54) is 30.9 Å². The second-order valence-corrected chi connectivity index (χ2v) is 4.77. The number of nitrogens with zero attached hydrogens (tertiary/aromatic N) is 2. The first kappa shape index (κ1) is 12.2. The zero-order chi connectivity index (χ0) is 12.6. The highest BCUT2D eigenvalue weighted by atomic mass is 32.2. The molecule has 2 rings (SSSR count). The molecule has 2 aliphatic rings. The minimum absolute atomic E-state index is 0.178. The quantitative estimate of drug-likeness (QED) is 0.379. The van der Waals surface area contributed by atoms with Gasteiger partial charge in [-0.3, -0.25) is 4.79 Å². The molecule has 0 bridgehead atoms. The summed E-state index contributed by atoms with van der Waals surface area (Å²) < 4.78 is 4.68. The van der Waals surface area contributed by atoms with Gasteiger partial charge >= 0.3 is 5.97 Å². The van der Waals surface area contributed by atoms with Crippen molar-refractivity contribution in [3.8, 4) is 0 Å². The van der Waals surface area contributed by atoms with Crippen LogP contribution in [-0.4, -0.2) is 59.9 Å². The van der Waals surface area contributed by atoms with Crippen LogP contribution >= 0.6 is 11.8 Å². The van der Waals surface area contributed by atoms with E-state index in [1.54, 1.807) is 0 Å². The van der Waals surface area contributed by atoms with Crippen molar-refractivity contribution in [1.82, 2.24) is 4.90 Å². The summed E-state index contributed by atoms with van der Waals surface area (Å²) in [4.78, 5) is 29.4. The van der Waals surface area contributed by atoms with Gasteiger partial charge in [0.25, 0.3) is 0 Å². The van der Waals surface area contributed by atoms with Gasteiger partial charge in [0.2, 0.25) is 5.91 Å². The third-order valence-electron chi connectivity index (χ3n) is 2.75. The molecule has 7 nitrogen and oxygen atoms in total. The summed E-state index contributed by atoms with van der Waals surface area (Å²) in [6.07, 6.45) is 0. The van der Waals surface area contributed by atoms with E-state index in [1.807, 2.05) is 0 Å². The normalized spacial score (nSPS) is 34.1. The lowest BCUT2D eigenvalue weighted by Crippen LogP contribution is -2.74. The van der Waals surface area contributed by atoms with Crippen LogP contribution in [0.3, 0.4) is 0 Å². The monoisotopic (exact) mass is 259 g/mol. The summed E-state index contributed by atoms with van der Waals surface area (Å²) >= 11 is 1.47. The number of carbonyl (C=O) groups excluding carboxylic acids is 2. The van der Waals surface area contributed by atoms with Crippen molar-refractivity contribution in [3.63, 3.8) is 0 Å². The number of oxime groups is 1. The number of carbonyl (C=O) groups is 2. The van der Waals surface area contributed by atoms with Gasteiger partial charge in [-0.25, -0.2) is 4.79 Å². The molecule has 2 saturated heterocycles. The molecule has 94 valence electrons. The Hall–Kier alpha value is -1.28. The van der Waals surface area contributed by atoms with Gasteiger partial charge in [-0.05, 0) is 0 Å². The molecule has 0 aromatic rings. The average molecular weight is 259 g/mol. The number of β-lactam (4-membered cyclic amide) rings is 1. The van der Waals surface area contributed by atoms with Gasteiger partial charge in [0.05, 0.1) is 7.11 Å². The minimum atomic E-state index is -0.807. The first-order valence-electron chi connectivity index (χ1n) is 4.99. The molecule has 0 spiro atoms. The topological polar surface area (TPSA) is 94.2 Å². The molecule has 2 heterocycles. The fraction of sp³-hybridized carbons (Fsp3) is 0.667. The van der Waals surface area contributed by atoms with Crippen LogP contribution in [0.1, 0.15) is 0 Å². The molecular formula is C9H13N3O4S. The minimum Gasteiger partial charge on any atom is -0.467 e. The molecule has 1 amide bonds. The molecule has 0 radical (unpaired) electrons. The average Bonchev–Trinajstić information content (AvgIpc) is 2.36. The summed E-state index contributed by atoms with van der Waals surface area (Å²) in [7, 11) is 2.66. The molecule has 2 N–H and O–H groups in total. The third-order valence-corrected chi connectivity index (χ3v) is 4.07. The summed E-state index contributed by atoms with van der Waals surface area (Å²) in [5.74, 6) is -0.289. The summed E-state index contributed by atoms with van der Waals surface area (Å²) in [5, 5.41) is 3.59. The van der Waals surface area contributed by atoms with Gasteiger partial charge in [0.15, 0.2) is 6.04 Å². The predicted molar refractivity (Wildman–Crippen MR) is 61.3 cm³/mol. The second-order valence-electron chi connectivity index (χ2n) is 3.66. The van der Waals surface area contributed by atoms with Gasteiger partial charge < -0.3 is 20.2 Å². The van der Waals surface area contributed by atoms with E-state index in [-0.39, 0.29) is 11.3 Å². The third kappa shape index (κ3) is 1.77. The zero-order valence-corrected chi connectivity index (χ0v) is 10.3. The van der Waals surface area contributed by atoms with E-state index in [0.717, 1.165) is 0 Å². The highest BCUT2D eigenvalue weighted by molar-refractivity contribution is 8.00. The molecule has 0 aromatic carbocycles. The van der Waals surface area contributed by atoms with Crippen molar-refractivity contribution in [3.05, 3.63) is 0 Å². The lowest BCUT2D eigenvalue weighted by molar-refractivity contribution is -0.158. The highest BCUT2D eigenvalue weighted by Gasteiger charge is 2.55. The lowest BCUT2D eigenvalue weighted by Gasteiger charge is -2.50. The number of thioether (sulfide) groups is 1. The van der Waals surface area contributed by atoms with Gasteiger partial charge in [-0.2, -0.15) is 0 Å². The zero-order valence-electron chi connectivity index (χ0n) is 9.45. The van der Waals surface area contributed by atoms with Gasteiger partial charge in [-0.1, -0.05) is 5.16 Å². The highest BCUT2D eigenvalue weighted by Crippen LogP contribution is 2.36. The van der Waals surface area contributed by atoms with E-state index in [0.29, 0.717) is 11.5 Å². The maximum Gasteiger partial charge on any atom is 0.334 e. The number of amides is 1. The van der Waals surface area contributed by atoms with Crippen molar-refractivity contribution in [2.75, 3.05) is 20.0 Å².